The average Bonchev–Trinajstić information content (AvgIpc) is 2.64. The van der Waals surface area contributed by atoms with Crippen LogP contribution < -0.4 is 0 Å². The van der Waals surface area contributed by atoms with Gasteiger partial charge in [-0.15, -0.1) is 12.3 Å². The van der Waals surface area contributed by atoms with E-state index in [-0.39, 0.29) is 17.8 Å². The summed E-state index contributed by atoms with van der Waals surface area (Å²) in [6.45, 7) is 0. The van der Waals surface area contributed by atoms with Gasteiger partial charge < -0.3 is 4.74 Å². The van der Waals surface area contributed by atoms with Gasteiger partial charge in [0.15, 0.2) is 0 Å². The molecule has 0 amide bonds. The van der Waals surface area contributed by atoms with Gasteiger partial charge in [-0.25, -0.2) is 0 Å². The van der Waals surface area contributed by atoms with Crippen molar-refractivity contribution in [2.24, 2.45) is 11.8 Å². The molecule has 0 aromatic carbocycles. The van der Waals surface area contributed by atoms with Gasteiger partial charge in [0, 0.05) is 5.92 Å². The molecule has 0 radical (unpaired) electrons. The summed E-state index contributed by atoms with van der Waals surface area (Å²) in [5, 5.41) is 0. The molecule has 0 aromatic heterocycles. The van der Waals surface area contributed by atoms with Crippen molar-refractivity contribution >= 4 is 5.97 Å². The molecule has 0 aromatic rings. The zero-order chi connectivity index (χ0) is 6.85. The first-order valence-electron chi connectivity index (χ1n) is 2.83. The Morgan fingerprint density at radius 3 is 2.89 bits per heavy atom. The van der Waals surface area contributed by atoms with Crippen molar-refractivity contribution in [1.82, 2.24) is 0 Å². The molecule has 0 bridgehead atoms. The topological polar surface area (TPSA) is 26.3 Å². The van der Waals surface area contributed by atoms with E-state index in [1.54, 1.807) is 0 Å². The van der Waals surface area contributed by atoms with Gasteiger partial charge in [0.1, 0.15) is 0 Å². The van der Waals surface area contributed by atoms with Gasteiger partial charge in [-0.3, -0.25) is 4.79 Å². The van der Waals surface area contributed by atoms with Gasteiger partial charge in [0.05, 0.1) is 13.0 Å². The van der Waals surface area contributed by atoms with Crippen molar-refractivity contribution in [2.75, 3.05) is 7.11 Å². The van der Waals surface area contributed by atoms with Crippen molar-refractivity contribution in [3.63, 3.8) is 0 Å². The number of ether oxygens (including phenoxy) is 1. The van der Waals surface area contributed by atoms with E-state index in [1.165, 1.54) is 7.11 Å². The number of hydrogen-bond acceptors (Lipinski definition) is 2. The highest BCUT2D eigenvalue weighted by Crippen LogP contribution is 2.38. The van der Waals surface area contributed by atoms with Gasteiger partial charge in [-0.05, 0) is 6.42 Å². The molecule has 1 rings (SSSR count). The molecule has 0 N–H and O–H groups in total. The third-order valence-corrected chi connectivity index (χ3v) is 1.51. The number of methoxy groups -OCH3 is 1. The monoisotopic (exact) mass is 124 g/mol. The second kappa shape index (κ2) is 2.10. The molecule has 1 aliphatic rings. The van der Waals surface area contributed by atoms with Crippen molar-refractivity contribution in [3.8, 4) is 12.3 Å². The Hall–Kier alpha value is -0.970. The number of hydrogen-bond donors (Lipinski definition) is 0. The quantitative estimate of drug-likeness (QED) is 0.374. The Morgan fingerprint density at radius 2 is 2.56 bits per heavy atom. The fourth-order valence-corrected chi connectivity index (χ4v) is 0.791. The van der Waals surface area contributed by atoms with Crippen LogP contribution in [0, 0.1) is 24.2 Å². The van der Waals surface area contributed by atoms with E-state index in [4.69, 9.17) is 6.42 Å². The first kappa shape index (κ1) is 6.15. The number of carbonyl (C=O) groups is 1. The molecule has 48 valence electrons. The Kier molecular flexibility index (Phi) is 1.44. The molecule has 2 heteroatoms. The maximum Gasteiger partial charge on any atom is 0.309 e. The predicted molar refractivity (Wildman–Crippen MR) is 32.4 cm³/mol. The lowest BCUT2D eigenvalue weighted by Crippen LogP contribution is -2.03. The zero-order valence-corrected chi connectivity index (χ0v) is 5.26. The van der Waals surface area contributed by atoms with Crippen LogP contribution in [0.5, 0.6) is 0 Å². The number of rotatable bonds is 1. The van der Waals surface area contributed by atoms with Gasteiger partial charge in [-0.2, -0.15) is 0 Å². The van der Waals surface area contributed by atoms with E-state index in [1.807, 2.05) is 0 Å². The maximum atomic E-state index is 10.6. The fraction of sp³-hybridized carbons (Fsp3) is 0.571. The average molecular weight is 124 g/mol. The van der Waals surface area contributed by atoms with Crippen LogP contribution in [0.25, 0.3) is 0 Å². The van der Waals surface area contributed by atoms with Crippen LogP contribution in [-0.2, 0) is 9.53 Å². The van der Waals surface area contributed by atoms with Crippen LogP contribution in [0.4, 0.5) is 0 Å². The number of carbonyl (C=O) groups excluding carboxylic acids is 1. The van der Waals surface area contributed by atoms with Crippen molar-refractivity contribution in [1.29, 1.82) is 0 Å². The van der Waals surface area contributed by atoms with E-state index >= 15 is 0 Å². The van der Waals surface area contributed by atoms with E-state index in [0.29, 0.717) is 0 Å². The van der Waals surface area contributed by atoms with Crippen LogP contribution in [0.3, 0.4) is 0 Å². The summed E-state index contributed by atoms with van der Waals surface area (Å²) >= 11 is 0. The largest absolute Gasteiger partial charge is 0.469 e. The summed E-state index contributed by atoms with van der Waals surface area (Å²) in [7, 11) is 1.38. The van der Waals surface area contributed by atoms with E-state index < -0.39 is 0 Å². The van der Waals surface area contributed by atoms with Gasteiger partial charge in [0.2, 0.25) is 0 Å². The van der Waals surface area contributed by atoms with Crippen molar-refractivity contribution < 1.29 is 9.53 Å². The Morgan fingerprint density at radius 1 is 1.89 bits per heavy atom. The van der Waals surface area contributed by atoms with Crippen LogP contribution in [0.2, 0.25) is 0 Å². The second-order valence-corrected chi connectivity index (χ2v) is 2.14. The molecule has 0 aliphatic heterocycles. The predicted octanol–water partition coefficient (Wildman–Crippen LogP) is 0.429. The minimum atomic E-state index is -0.169. The Balaban J connectivity index is 2.36. The lowest BCUT2D eigenvalue weighted by Gasteiger charge is -1.91. The maximum absolute atomic E-state index is 10.6. The molecule has 0 spiro atoms. The van der Waals surface area contributed by atoms with Crippen LogP contribution in [0.15, 0.2) is 0 Å². The highest BCUT2D eigenvalue weighted by molar-refractivity contribution is 5.76. The summed E-state index contributed by atoms with van der Waals surface area (Å²) in [5.41, 5.74) is 0. The highest BCUT2D eigenvalue weighted by Gasteiger charge is 2.42. The number of esters is 1. The van der Waals surface area contributed by atoms with E-state index in [0.717, 1.165) is 6.42 Å². The summed E-state index contributed by atoms with van der Waals surface area (Å²) in [6, 6.07) is 0. The molecular weight excluding hydrogens is 116 g/mol. The summed E-state index contributed by atoms with van der Waals surface area (Å²) < 4.78 is 4.47. The highest BCUT2D eigenvalue weighted by atomic mass is 16.5. The van der Waals surface area contributed by atoms with Crippen molar-refractivity contribution in [3.05, 3.63) is 0 Å². The smallest absolute Gasteiger partial charge is 0.309 e. The standard InChI is InChI=1S/C7H8O2/c1-3-5-4-6(5)7(8)9-2/h1,5-6H,4H2,2H3/t5-,6+/m0/s1. The van der Waals surface area contributed by atoms with Crippen LogP contribution in [0.1, 0.15) is 6.42 Å². The Labute approximate surface area is 54.2 Å². The third-order valence-electron chi connectivity index (χ3n) is 1.51. The first-order valence-corrected chi connectivity index (χ1v) is 2.83. The van der Waals surface area contributed by atoms with E-state index in [2.05, 4.69) is 10.7 Å². The zero-order valence-electron chi connectivity index (χ0n) is 5.26. The molecule has 0 unspecified atom stereocenters. The van der Waals surface area contributed by atoms with Crippen LogP contribution in [-0.4, -0.2) is 13.1 Å². The molecular formula is C7H8O2. The summed E-state index contributed by atoms with van der Waals surface area (Å²) in [5.74, 6) is 2.49. The van der Waals surface area contributed by atoms with Gasteiger partial charge in [0.25, 0.3) is 0 Å². The van der Waals surface area contributed by atoms with E-state index in [9.17, 15) is 4.79 Å². The molecule has 2 atom stereocenters. The van der Waals surface area contributed by atoms with Crippen molar-refractivity contribution in [2.45, 2.75) is 6.42 Å². The van der Waals surface area contributed by atoms with Gasteiger partial charge in [-0.1, -0.05) is 0 Å². The molecule has 1 aliphatic carbocycles. The summed E-state index contributed by atoms with van der Waals surface area (Å²) in [6.07, 6.45) is 5.87. The normalized spacial score (nSPS) is 30.7. The first-order chi connectivity index (χ1) is 4.29. The van der Waals surface area contributed by atoms with Gasteiger partial charge >= 0.3 is 5.97 Å². The molecule has 0 saturated heterocycles. The lowest BCUT2D eigenvalue weighted by molar-refractivity contribution is -0.142. The molecule has 0 heterocycles. The van der Waals surface area contributed by atoms with Crippen LogP contribution >= 0.6 is 0 Å². The minimum absolute atomic E-state index is 0.000000000000000222. The minimum Gasteiger partial charge on any atom is -0.469 e. The number of terminal acetylenes is 1. The molecule has 9 heavy (non-hydrogen) atoms. The lowest BCUT2D eigenvalue weighted by atomic mass is 10.3. The molecule has 1 fully saturated rings. The SMILES string of the molecule is C#C[C@H]1C[C@H]1C(=O)OC. The molecule has 2 nitrogen and oxygen atoms in total. The Bertz CT molecular complexity index is 166. The molecule has 1 saturated carbocycles. The summed E-state index contributed by atoms with van der Waals surface area (Å²) in [4.78, 5) is 10.6. The second-order valence-electron chi connectivity index (χ2n) is 2.14. The fourth-order valence-electron chi connectivity index (χ4n) is 0.791. The third kappa shape index (κ3) is 1.05.